The predicted molar refractivity (Wildman–Crippen MR) is 81.8 cm³/mol. The van der Waals surface area contributed by atoms with E-state index in [1.54, 1.807) is 13.2 Å². The lowest BCUT2D eigenvalue weighted by molar-refractivity contribution is 0.0763. The van der Waals surface area contributed by atoms with Crippen molar-refractivity contribution in [1.29, 1.82) is 0 Å². The van der Waals surface area contributed by atoms with E-state index < -0.39 is 0 Å². The summed E-state index contributed by atoms with van der Waals surface area (Å²) in [5.41, 5.74) is 0.579. The minimum absolute atomic E-state index is 0.00623. The normalized spacial score (nSPS) is 22.2. The molecule has 116 valence electrons. The number of carbonyl (C=O) groups excluding carboxylic acids is 1. The van der Waals surface area contributed by atoms with E-state index in [0.717, 1.165) is 19.5 Å². The number of likely N-dealkylation sites (N-methyl/N-ethyl adjacent to an activating group) is 1. The lowest BCUT2D eigenvalue weighted by Gasteiger charge is -2.19. The van der Waals surface area contributed by atoms with Gasteiger partial charge in [-0.3, -0.25) is 4.79 Å². The van der Waals surface area contributed by atoms with Crippen molar-refractivity contribution < 1.29 is 14.3 Å². The largest absolute Gasteiger partial charge is 0.493 e. The summed E-state index contributed by atoms with van der Waals surface area (Å²) in [6.07, 6.45) is 0.942. The molecule has 2 atom stereocenters. The maximum Gasteiger partial charge on any atom is 0.255 e. The van der Waals surface area contributed by atoms with E-state index in [4.69, 9.17) is 9.47 Å². The second kappa shape index (κ2) is 7.43. The lowest BCUT2D eigenvalue weighted by Crippen LogP contribution is -2.43. The van der Waals surface area contributed by atoms with Crippen LogP contribution in [-0.2, 0) is 4.74 Å². The maximum absolute atomic E-state index is 12.5. The van der Waals surface area contributed by atoms with Gasteiger partial charge in [0.2, 0.25) is 0 Å². The lowest BCUT2D eigenvalue weighted by atomic mass is 10.1. The molecule has 1 aromatic carbocycles. The second-order valence-electron chi connectivity index (χ2n) is 5.42. The smallest absolute Gasteiger partial charge is 0.255 e. The molecule has 1 saturated heterocycles. The molecular weight excluding hydrogens is 268 g/mol. The molecule has 5 nitrogen and oxygen atoms in total. The van der Waals surface area contributed by atoms with Gasteiger partial charge in [0.1, 0.15) is 5.75 Å². The average Bonchev–Trinajstić information content (AvgIpc) is 2.85. The fourth-order valence-electron chi connectivity index (χ4n) is 2.58. The second-order valence-corrected chi connectivity index (χ2v) is 5.42. The molecule has 0 aliphatic carbocycles. The Bertz CT molecular complexity index is 478. The van der Waals surface area contributed by atoms with Gasteiger partial charge >= 0.3 is 0 Å². The standard InChI is InChI=1S/C16H24N2O3/c1-4-9-21-14-8-6-5-7-12(14)16(19)17-13-10-18(2)11-15(13)20-3/h5-8,13,15H,4,9-11H2,1-3H3,(H,17,19)/t13-,15-/m0/s1. The molecular formula is C16H24N2O3. The number of hydrogen-bond donors (Lipinski definition) is 1. The van der Waals surface area contributed by atoms with Gasteiger partial charge in [0.25, 0.3) is 5.91 Å². The molecule has 0 bridgehead atoms. The molecule has 5 heteroatoms. The predicted octanol–water partition coefficient (Wildman–Crippen LogP) is 1.53. The minimum Gasteiger partial charge on any atom is -0.493 e. The number of hydrogen-bond acceptors (Lipinski definition) is 4. The van der Waals surface area contributed by atoms with Gasteiger partial charge in [0, 0.05) is 20.2 Å². The number of likely N-dealkylation sites (tertiary alicyclic amines) is 1. The van der Waals surface area contributed by atoms with Crippen LogP contribution in [0.3, 0.4) is 0 Å². The summed E-state index contributed by atoms with van der Waals surface area (Å²) in [6, 6.07) is 7.36. The van der Waals surface area contributed by atoms with E-state index >= 15 is 0 Å². The first-order valence-electron chi connectivity index (χ1n) is 7.39. The molecule has 2 rings (SSSR count). The van der Waals surface area contributed by atoms with Crippen LogP contribution < -0.4 is 10.1 Å². The number of benzene rings is 1. The third-order valence-corrected chi connectivity index (χ3v) is 3.66. The van der Waals surface area contributed by atoms with Crippen molar-refractivity contribution in [2.24, 2.45) is 0 Å². The van der Waals surface area contributed by atoms with Crippen LogP contribution in [0.5, 0.6) is 5.75 Å². The van der Waals surface area contributed by atoms with Gasteiger partial charge in [-0.2, -0.15) is 0 Å². The van der Waals surface area contributed by atoms with Crippen molar-refractivity contribution in [3.8, 4) is 5.75 Å². The summed E-state index contributed by atoms with van der Waals surface area (Å²) in [7, 11) is 3.71. The number of rotatable bonds is 6. The van der Waals surface area contributed by atoms with Gasteiger partial charge in [-0.25, -0.2) is 0 Å². The van der Waals surface area contributed by atoms with Crippen molar-refractivity contribution in [2.45, 2.75) is 25.5 Å². The molecule has 0 spiro atoms. The molecule has 1 amide bonds. The quantitative estimate of drug-likeness (QED) is 0.864. The highest BCUT2D eigenvalue weighted by molar-refractivity contribution is 5.97. The fourth-order valence-corrected chi connectivity index (χ4v) is 2.58. The van der Waals surface area contributed by atoms with Gasteiger partial charge in [0.15, 0.2) is 0 Å². The molecule has 1 fully saturated rings. The van der Waals surface area contributed by atoms with Gasteiger partial charge in [-0.15, -0.1) is 0 Å². The molecule has 0 radical (unpaired) electrons. The van der Waals surface area contributed by atoms with Crippen LogP contribution in [0.4, 0.5) is 0 Å². The molecule has 1 aliphatic heterocycles. The minimum atomic E-state index is -0.107. The third kappa shape index (κ3) is 3.95. The van der Waals surface area contributed by atoms with Crippen molar-refractivity contribution in [2.75, 3.05) is 33.9 Å². The molecule has 1 aromatic rings. The Morgan fingerprint density at radius 1 is 1.38 bits per heavy atom. The van der Waals surface area contributed by atoms with Gasteiger partial charge < -0.3 is 19.7 Å². The van der Waals surface area contributed by atoms with E-state index in [9.17, 15) is 4.79 Å². The number of nitrogens with one attached hydrogen (secondary N) is 1. The van der Waals surface area contributed by atoms with Crippen LogP contribution in [0.2, 0.25) is 0 Å². The fraction of sp³-hybridized carbons (Fsp3) is 0.562. The average molecular weight is 292 g/mol. The molecule has 1 N–H and O–H groups in total. The summed E-state index contributed by atoms with van der Waals surface area (Å²) < 4.78 is 11.1. The molecule has 0 unspecified atom stereocenters. The number of nitrogens with zero attached hydrogens (tertiary/aromatic N) is 1. The molecule has 1 heterocycles. The summed E-state index contributed by atoms with van der Waals surface area (Å²) in [5.74, 6) is 0.529. The summed E-state index contributed by atoms with van der Waals surface area (Å²) >= 11 is 0. The molecule has 0 aromatic heterocycles. The zero-order valence-electron chi connectivity index (χ0n) is 13.0. The first-order chi connectivity index (χ1) is 10.2. The van der Waals surface area contributed by atoms with Gasteiger partial charge in [-0.05, 0) is 25.6 Å². The summed E-state index contributed by atoms with van der Waals surface area (Å²) in [5, 5.41) is 3.06. The van der Waals surface area contributed by atoms with Crippen molar-refractivity contribution >= 4 is 5.91 Å². The van der Waals surface area contributed by atoms with Crippen molar-refractivity contribution in [3.63, 3.8) is 0 Å². The number of amides is 1. The van der Waals surface area contributed by atoms with Crippen LogP contribution in [-0.4, -0.2) is 56.8 Å². The highest BCUT2D eigenvalue weighted by Crippen LogP contribution is 2.19. The van der Waals surface area contributed by atoms with E-state index in [1.165, 1.54) is 0 Å². The third-order valence-electron chi connectivity index (χ3n) is 3.66. The van der Waals surface area contributed by atoms with E-state index in [0.29, 0.717) is 17.9 Å². The molecule has 21 heavy (non-hydrogen) atoms. The van der Waals surface area contributed by atoms with Crippen LogP contribution in [0, 0.1) is 0 Å². The van der Waals surface area contributed by atoms with Gasteiger partial charge in [0.05, 0.1) is 24.3 Å². The number of ether oxygens (including phenoxy) is 2. The number of methoxy groups -OCH3 is 1. The van der Waals surface area contributed by atoms with Crippen molar-refractivity contribution in [1.82, 2.24) is 10.2 Å². The van der Waals surface area contributed by atoms with Crippen LogP contribution in [0.15, 0.2) is 24.3 Å². The molecule has 1 aliphatic rings. The van der Waals surface area contributed by atoms with Crippen molar-refractivity contribution in [3.05, 3.63) is 29.8 Å². The zero-order chi connectivity index (χ0) is 15.2. The Morgan fingerprint density at radius 2 is 2.14 bits per heavy atom. The zero-order valence-corrected chi connectivity index (χ0v) is 13.0. The van der Waals surface area contributed by atoms with E-state index in [1.807, 2.05) is 32.2 Å². The van der Waals surface area contributed by atoms with E-state index in [-0.39, 0.29) is 18.1 Å². The van der Waals surface area contributed by atoms with E-state index in [2.05, 4.69) is 10.2 Å². The summed E-state index contributed by atoms with van der Waals surface area (Å²) in [6.45, 7) is 4.27. The first kappa shape index (κ1) is 15.8. The maximum atomic E-state index is 12.5. The Kier molecular flexibility index (Phi) is 5.59. The molecule has 0 saturated carbocycles. The Hall–Kier alpha value is -1.59. The van der Waals surface area contributed by atoms with Crippen LogP contribution >= 0.6 is 0 Å². The number of carbonyl (C=O) groups is 1. The Labute approximate surface area is 126 Å². The number of para-hydroxylation sites is 1. The monoisotopic (exact) mass is 292 g/mol. The SMILES string of the molecule is CCCOc1ccccc1C(=O)N[C@H]1CN(C)C[C@@H]1OC. The van der Waals surface area contributed by atoms with Crippen LogP contribution in [0.25, 0.3) is 0 Å². The van der Waals surface area contributed by atoms with Gasteiger partial charge in [-0.1, -0.05) is 19.1 Å². The highest BCUT2D eigenvalue weighted by atomic mass is 16.5. The highest BCUT2D eigenvalue weighted by Gasteiger charge is 2.32. The summed E-state index contributed by atoms with van der Waals surface area (Å²) in [4.78, 5) is 14.6. The topological polar surface area (TPSA) is 50.8 Å². The van der Waals surface area contributed by atoms with Crippen LogP contribution in [0.1, 0.15) is 23.7 Å². The Morgan fingerprint density at radius 3 is 2.86 bits per heavy atom. The first-order valence-corrected chi connectivity index (χ1v) is 7.39. The Balaban J connectivity index is 2.06.